The highest BCUT2D eigenvalue weighted by atomic mass is 32.1. The van der Waals surface area contributed by atoms with Crippen LogP contribution >= 0.6 is 45.3 Å². The molecule has 0 radical (unpaired) electrons. The van der Waals surface area contributed by atoms with Gasteiger partial charge in [-0.05, 0) is 59.5 Å². The van der Waals surface area contributed by atoms with Crippen LogP contribution in [0.4, 0.5) is 0 Å². The van der Waals surface area contributed by atoms with E-state index in [1.807, 2.05) is 0 Å². The number of fused-ring (bicyclic) bond motifs is 6. The van der Waals surface area contributed by atoms with E-state index in [-0.39, 0.29) is 0 Å². The number of hydrogen-bond acceptors (Lipinski definition) is 4. The van der Waals surface area contributed by atoms with Gasteiger partial charge in [-0.25, -0.2) is 0 Å². The average molecular weight is 904 g/mol. The van der Waals surface area contributed by atoms with Gasteiger partial charge < -0.3 is 0 Å². The third-order valence-corrected chi connectivity index (χ3v) is 41.6. The lowest BCUT2D eigenvalue weighted by molar-refractivity contribution is 1.71. The number of benzene rings is 3. The second kappa shape index (κ2) is 13.1. The Morgan fingerprint density at radius 1 is 0.304 bits per heavy atom. The van der Waals surface area contributed by atoms with Gasteiger partial charge >= 0.3 is 0 Å². The van der Waals surface area contributed by atoms with Crippen LogP contribution in [0.5, 0.6) is 0 Å². The molecule has 0 aliphatic carbocycles. The van der Waals surface area contributed by atoms with Crippen molar-refractivity contribution in [1.82, 2.24) is 0 Å². The Labute approximate surface area is 357 Å². The molecule has 3 aromatic carbocycles. The van der Waals surface area contributed by atoms with E-state index in [0.717, 1.165) is 0 Å². The molecule has 0 N–H and O–H groups in total. The average Bonchev–Trinajstić information content (AvgIpc) is 3.96. The summed E-state index contributed by atoms with van der Waals surface area (Å²) in [7, 11) is -11.4. The summed E-state index contributed by atoms with van der Waals surface area (Å²) in [6.45, 7) is 30.4. The van der Waals surface area contributed by atoms with Crippen molar-refractivity contribution in [2.24, 2.45) is 0 Å². The van der Waals surface area contributed by atoms with Gasteiger partial charge in [0.2, 0.25) is 0 Å². The highest BCUT2D eigenvalue weighted by molar-refractivity contribution is 7.42. The van der Waals surface area contributed by atoms with Crippen molar-refractivity contribution in [3.63, 3.8) is 0 Å². The third kappa shape index (κ3) is 5.79. The molecule has 0 spiro atoms. The molecule has 0 bridgehead atoms. The Morgan fingerprint density at radius 3 is 0.732 bits per heavy atom. The zero-order chi connectivity index (χ0) is 39.8. The number of rotatable bonds is 8. The Morgan fingerprint density at radius 2 is 0.518 bits per heavy atom. The predicted octanol–water partition coefficient (Wildman–Crippen LogP) is 6.83. The normalized spacial score (nSPS) is 15.8. The molecule has 56 heavy (non-hydrogen) atoms. The first-order valence-corrected chi connectivity index (χ1v) is 41.4. The molecule has 0 unspecified atom stereocenters. The Kier molecular flexibility index (Phi) is 9.20. The fourth-order valence-electron chi connectivity index (χ4n) is 9.05. The summed E-state index contributed by atoms with van der Waals surface area (Å²) in [5.74, 6) is 0. The summed E-state index contributed by atoms with van der Waals surface area (Å²) < 4.78 is 6.59. The number of hydrogen-bond donors (Lipinski definition) is 0. The highest BCUT2D eigenvalue weighted by Gasteiger charge is 2.54. The van der Waals surface area contributed by atoms with Crippen molar-refractivity contribution in [3.8, 4) is 19.5 Å². The van der Waals surface area contributed by atoms with Crippen molar-refractivity contribution in [2.75, 3.05) is 0 Å². The molecule has 0 nitrogen and oxygen atoms in total. The smallest absolute Gasteiger partial charge is 0.144 e. The maximum Gasteiger partial charge on any atom is 0.182 e. The Hall–Kier alpha value is -2.24. The van der Waals surface area contributed by atoms with Crippen molar-refractivity contribution in [2.45, 2.75) is 78.6 Å². The number of thiophene rings is 4. The van der Waals surface area contributed by atoms with Crippen LogP contribution in [0.1, 0.15) is 0 Å². The van der Waals surface area contributed by atoms with Crippen molar-refractivity contribution in [3.05, 3.63) is 109 Å². The summed E-state index contributed by atoms with van der Waals surface area (Å²) >= 11 is 8.55. The molecule has 6 heterocycles. The van der Waals surface area contributed by atoms with Gasteiger partial charge in [0.15, 0.2) is 16.1 Å². The molecule has 0 saturated heterocycles. The molecule has 0 fully saturated rings. The van der Waals surface area contributed by atoms with Crippen LogP contribution in [0.3, 0.4) is 0 Å². The summed E-state index contributed by atoms with van der Waals surface area (Å²) in [5, 5.41) is 12.8. The van der Waals surface area contributed by atoms with E-state index < -0.39 is 48.4 Å². The zero-order valence-electron chi connectivity index (χ0n) is 35.0. The van der Waals surface area contributed by atoms with Gasteiger partial charge in [0.05, 0.1) is 32.3 Å². The lowest BCUT2D eigenvalue weighted by Crippen LogP contribution is -2.74. The van der Waals surface area contributed by atoms with Crippen molar-refractivity contribution < 1.29 is 0 Å². The molecule has 4 aromatic heterocycles. The van der Waals surface area contributed by atoms with Crippen LogP contribution in [0.25, 0.3) is 19.5 Å². The quantitative estimate of drug-likeness (QED) is 0.147. The van der Waals surface area contributed by atoms with E-state index in [4.69, 9.17) is 0 Å². The van der Waals surface area contributed by atoms with Gasteiger partial charge in [-0.2, -0.15) is 0 Å². The van der Waals surface area contributed by atoms with E-state index in [1.165, 1.54) is 10.4 Å². The van der Waals surface area contributed by atoms with Crippen LogP contribution in [-0.4, -0.2) is 48.4 Å². The molecule has 286 valence electrons. The topological polar surface area (TPSA) is 0 Å². The van der Waals surface area contributed by atoms with Crippen molar-refractivity contribution >= 4 is 153 Å². The molecule has 0 saturated carbocycles. The maximum absolute atomic E-state index is 2.71. The van der Waals surface area contributed by atoms with E-state index in [0.29, 0.717) is 0 Å². The van der Waals surface area contributed by atoms with Crippen LogP contribution in [0, 0.1) is 0 Å². The van der Waals surface area contributed by atoms with E-state index >= 15 is 0 Å². The monoisotopic (exact) mass is 902 g/mol. The molecular formula is C46H54S4Si6. The molecular weight excluding hydrogens is 849 g/mol. The van der Waals surface area contributed by atoms with Gasteiger partial charge in [-0.1, -0.05) is 188 Å². The minimum absolute atomic E-state index is 1.53. The van der Waals surface area contributed by atoms with Gasteiger partial charge in [0.25, 0.3) is 0 Å². The van der Waals surface area contributed by atoms with Crippen LogP contribution in [0.15, 0.2) is 109 Å². The summed E-state index contributed by atoms with van der Waals surface area (Å²) in [6.07, 6.45) is 0. The molecule has 2 aliphatic heterocycles. The van der Waals surface area contributed by atoms with E-state index in [2.05, 4.69) is 233 Å². The lowest BCUT2D eigenvalue weighted by Gasteiger charge is -2.33. The molecule has 0 amide bonds. The summed E-state index contributed by atoms with van der Waals surface area (Å²) in [4.78, 5) is 6.34. The van der Waals surface area contributed by atoms with Crippen molar-refractivity contribution in [1.29, 1.82) is 0 Å². The standard InChI is InChI=1S/C46H54S4Si6/c1-51(2,3)39-27-35-43(47-39)44-36(28-40(48-44)52(4,5)6)55(35,31-19-15-13-16-20-31)33-23-25-34(26-24-33)56(32-21-17-14-18-22-32)37-29-41(53(7,8)9)49-45(37)46-38(56)30-42(50-46)54(10,11)12/h13-30H,1-12H3. The van der Waals surface area contributed by atoms with Gasteiger partial charge in [0.1, 0.15) is 0 Å². The minimum atomic E-state index is -2.60. The fraction of sp³-hybridized carbons (Fsp3) is 0.261. The van der Waals surface area contributed by atoms with Gasteiger partial charge in [0, 0.05) is 19.5 Å². The molecule has 10 heteroatoms. The van der Waals surface area contributed by atoms with Crippen LogP contribution in [0.2, 0.25) is 78.6 Å². The molecule has 9 rings (SSSR count). The van der Waals surface area contributed by atoms with E-state index in [9.17, 15) is 0 Å². The largest absolute Gasteiger partial charge is 0.182 e. The third-order valence-electron chi connectivity index (χ3n) is 12.1. The first-order chi connectivity index (χ1) is 26.3. The maximum atomic E-state index is 2.71. The SMILES string of the molecule is C[Si](C)(C)c1cc2c(s1)-c1sc([Si](C)(C)C)cc1[Si]2(c1ccccc1)c1ccc([Si]2(c3ccccc3)c3cc([Si](C)(C)C)sc3-c3sc([Si](C)(C)C)cc32)cc1. The second-order valence-electron chi connectivity index (χ2n) is 20.2. The molecule has 7 aromatic rings. The predicted molar refractivity (Wildman–Crippen MR) is 275 cm³/mol. The first kappa shape index (κ1) is 39.2. The summed E-state index contributed by atoms with van der Waals surface area (Å²) in [5.41, 5.74) is 0. The highest BCUT2D eigenvalue weighted by Crippen LogP contribution is 2.38. The second-order valence-corrected chi connectivity index (χ2v) is 53.5. The Balaban J connectivity index is 1.34. The minimum Gasteiger partial charge on any atom is -0.144 e. The van der Waals surface area contributed by atoms with Gasteiger partial charge in [-0.3, -0.25) is 0 Å². The zero-order valence-corrected chi connectivity index (χ0v) is 44.3. The van der Waals surface area contributed by atoms with Crippen LogP contribution < -0.4 is 59.5 Å². The van der Waals surface area contributed by atoms with E-state index in [1.54, 1.807) is 68.6 Å². The fourth-order valence-corrected chi connectivity index (χ4v) is 34.6. The van der Waals surface area contributed by atoms with Crippen LogP contribution in [-0.2, 0) is 0 Å². The lowest BCUT2D eigenvalue weighted by atomic mass is 10.3. The summed E-state index contributed by atoms with van der Waals surface area (Å²) in [6, 6.07) is 44.9. The molecule has 2 aliphatic rings. The molecule has 0 atom stereocenters. The van der Waals surface area contributed by atoms with Gasteiger partial charge in [-0.15, -0.1) is 45.3 Å². The first-order valence-electron chi connectivity index (χ1n) is 20.1. The Bertz CT molecular complexity index is 2320.